The van der Waals surface area contributed by atoms with Crippen molar-refractivity contribution in [2.75, 3.05) is 6.54 Å². The molecule has 1 saturated heterocycles. The van der Waals surface area contributed by atoms with Gasteiger partial charge in [-0.3, -0.25) is 4.79 Å². The lowest BCUT2D eigenvalue weighted by Crippen LogP contribution is -2.41. The summed E-state index contributed by atoms with van der Waals surface area (Å²) in [4.78, 5) is 23.7. The molecule has 1 amide bonds. The number of aliphatic carboxylic acids is 1. The molecule has 1 N–H and O–H groups in total. The Morgan fingerprint density at radius 1 is 1.28 bits per heavy atom. The van der Waals surface area contributed by atoms with Gasteiger partial charge in [0.1, 0.15) is 6.04 Å². The summed E-state index contributed by atoms with van der Waals surface area (Å²) in [6.07, 6.45) is 3.45. The Balaban J connectivity index is 2.00. The van der Waals surface area contributed by atoms with Gasteiger partial charge in [0.2, 0.25) is 5.91 Å². The zero-order valence-corrected chi connectivity index (χ0v) is 10.1. The van der Waals surface area contributed by atoms with Crippen molar-refractivity contribution in [3.05, 3.63) is 0 Å². The number of amides is 1. The van der Waals surface area contributed by atoms with E-state index in [4.69, 9.17) is 5.11 Å². The van der Waals surface area contributed by atoms with Gasteiger partial charge < -0.3 is 10.0 Å². The van der Waals surface area contributed by atoms with Gasteiger partial charge in [-0.05, 0) is 18.8 Å². The van der Waals surface area contributed by atoms with Crippen molar-refractivity contribution in [1.82, 2.24) is 4.90 Å². The minimum Gasteiger partial charge on any atom is -0.480 e. The summed E-state index contributed by atoms with van der Waals surface area (Å²) >= 11 is 0. The van der Waals surface area contributed by atoms with Crippen LogP contribution in [0.3, 0.4) is 0 Å². The molecule has 0 radical (unpaired) electrons. The van der Waals surface area contributed by atoms with Crippen molar-refractivity contribution in [3.8, 4) is 0 Å². The third-order valence-corrected chi connectivity index (χ3v) is 3.81. The number of hydrogen-bond donors (Lipinski definition) is 1. The van der Waals surface area contributed by atoms with Gasteiger partial charge in [0.25, 0.3) is 5.92 Å². The van der Waals surface area contributed by atoms with Gasteiger partial charge in [0.05, 0.1) is 6.54 Å². The minimum absolute atomic E-state index is 0.208. The van der Waals surface area contributed by atoms with Crippen molar-refractivity contribution in [1.29, 1.82) is 0 Å². The molecule has 2 fully saturated rings. The Morgan fingerprint density at radius 3 is 2.44 bits per heavy atom. The van der Waals surface area contributed by atoms with Crippen LogP contribution in [0.5, 0.6) is 0 Å². The molecule has 6 heteroatoms. The van der Waals surface area contributed by atoms with Crippen LogP contribution in [0, 0.1) is 5.92 Å². The summed E-state index contributed by atoms with van der Waals surface area (Å²) in [5.41, 5.74) is 0. The summed E-state index contributed by atoms with van der Waals surface area (Å²) in [7, 11) is 0. The number of carboxylic acids is 1. The van der Waals surface area contributed by atoms with Crippen LogP contribution in [-0.2, 0) is 9.59 Å². The third kappa shape index (κ3) is 2.79. The third-order valence-electron chi connectivity index (χ3n) is 3.81. The highest BCUT2D eigenvalue weighted by atomic mass is 19.3. The first-order valence-corrected chi connectivity index (χ1v) is 6.29. The number of alkyl halides is 2. The van der Waals surface area contributed by atoms with E-state index in [0.29, 0.717) is 0 Å². The lowest BCUT2D eigenvalue weighted by molar-refractivity contribution is -0.148. The Bertz CT molecular complexity index is 353. The van der Waals surface area contributed by atoms with Gasteiger partial charge in [-0.2, -0.15) is 0 Å². The van der Waals surface area contributed by atoms with E-state index in [0.717, 1.165) is 30.6 Å². The quantitative estimate of drug-likeness (QED) is 0.844. The van der Waals surface area contributed by atoms with Crippen molar-refractivity contribution in [2.45, 2.75) is 50.5 Å². The highest BCUT2D eigenvalue weighted by Crippen LogP contribution is 2.34. The Labute approximate surface area is 104 Å². The molecule has 1 saturated carbocycles. The lowest BCUT2D eigenvalue weighted by Gasteiger charge is -2.22. The van der Waals surface area contributed by atoms with Crippen molar-refractivity contribution < 1.29 is 23.5 Å². The van der Waals surface area contributed by atoms with Crippen molar-refractivity contribution >= 4 is 11.9 Å². The first kappa shape index (κ1) is 13.2. The maximum absolute atomic E-state index is 13.2. The predicted octanol–water partition coefficient (Wildman–Crippen LogP) is 1.89. The van der Waals surface area contributed by atoms with E-state index in [1.54, 1.807) is 0 Å². The number of carbonyl (C=O) groups excluding carboxylic acids is 1. The van der Waals surface area contributed by atoms with Crippen LogP contribution in [-0.4, -0.2) is 40.4 Å². The van der Waals surface area contributed by atoms with Crippen LogP contribution in [0.25, 0.3) is 0 Å². The van der Waals surface area contributed by atoms with Crippen LogP contribution >= 0.6 is 0 Å². The Kier molecular flexibility index (Phi) is 3.54. The normalized spacial score (nSPS) is 27.7. The van der Waals surface area contributed by atoms with Crippen molar-refractivity contribution in [2.24, 2.45) is 5.92 Å². The standard InChI is InChI=1S/C12H17F2NO3/c13-12(14)6-9(11(17)18)15(7-12)10(16)5-8-3-1-2-4-8/h8-9H,1-7H2,(H,17,18). The number of carbonyl (C=O) groups is 2. The number of likely N-dealkylation sites (tertiary alicyclic amines) is 1. The number of hydrogen-bond acceptors (Lipinski definition) is 2. The molecular formula is C12H17F2NO3. The van der Waals surface area contributed by atoms with E-state index in [1.165, 1.54) is 0 Å². The van der Waals surface area contributed by atoms with Gasteiger partial charge in [-0.15, -0.1) is 0 Å². The first-order valence-electron chi connectivity index (χ1n) is 6.29. The molecule has 1 atom stereocenters. The molecule has 0 bridgehead atoms. The summed E-state index contributed by atoms with van der Waals surface area (Å²) in [5, 5.41) is 8.90. The first-order chi connectivity index (χ1) is 8.39. The SMILES string of the molecule is O=C(O)C1CC(F)(F)CN1C(=O)CC1CCCC1. The van der Waals surface area contributed by atoms with Gasteiger partial charge >= 0.3 is 5.97 Å². The molecule has 0 spiro atoms. The monoisotopic (exact) mass is 261 g/mol. The van der Waals surface area contributed by atoms with E-state index in [2.05, 4.69) is 0 Å². The number of rotatable bonds is 3. The molecule has 2 aliphatic rings. The van der Waals surface area contributed by atoms with Crippen LogP contribution in [0.1, 0.15) is 38.5 Å². The molecule has 4 nitrogen and oxygen atoms in total. The predicted molar refractivity (Wildman–Crippen MR) is 59.3 cm³/mol. The lowest BCUT2D eigenvalue weighted by atomic mass is 10.0. The zero-order valence-electron chi connectivity index (χ0n) is 10.1. The molecule has 1 heterocycles. The maximum Gasteiger partial charge on any atom is 0.326 e. The van der Waals surface area contributed by atoms with Crippen LogP contribution in [0.2, 0.25) is 0 Å². The van der Waals surface area contributed by atoms with Gasteiger partial charge in [-0.25, -0.2) is 13.6 Å². The number of carboxylic acid groups (broad SMARTS) is 1. The van der Waals surface area contributed by atoms with Crippen LogP contribution in [0.15, 0.2) is 0 Å². The molecule has 102 valence electrons. The fourth-order valence-corrected chi connectivity index (χ4v) is 2.88. The van der Waals surface area contributed by atoms with E-state index in [1.807, 2.05) is 0 Å². The van der Waals surface area contributed by atoms with Gasteiger partial charge in [0.15, 0.2) is 0 Å². The molecular weight excluding hydrogens is 244 g/mol. The Hall–Kier alpha value is -1.20. The van der Waals surface area contributed by atoms with Crippen molar-refractivity contribution in [3.63, 3.8) is 0 Å². The molecule has 0 aromatic rings. The fraction of sp³-hybridized carbons (Fsp3) is 0.833. The van der Waals surface area contributed by atoms with Crippen LogP contribution in [0.4, 0.5) is 8.78 Å². The number of nitrogens with zero attached hydrogens (tertiary/aromatic N) is 1. The second-order valence-corrected chi connectivity index (χ2v) is 5.29. The zero-order chi connectivity index (χ0) is 13.3. The smallest absolute Gasteiger partial charge is 0.326 e. The second kappa shape index (κ2) is 4.82. The molecule has 0 aromatic carbocycles. The summed E-state index contributed by atoms with van der Waals surface area (Å²) < 4.78 is 26.4. The van der Waals surface area contributed by atoms with E-state index in [9.17, 15) is 18.4 Å². The summed E-state index contributed by atoms with van der Waals surface area (Å²) in [6.45, 7) is -0.754. The molecule has 1 aliphatic heterocycles. The summed E-state index contributed by atoms with van der Waals surface area (Å²) in [5.74, 6) is -4.62. The highest BCUT2D eigenvalue weighted by molar-refractivity contribution is 5.84. The highest BCUT2D eigenvalue weighted by Gasteiger charge is 2.50. The fourth-order valence-electron chi connectivity index (χ4n) is 2.88. The number of halogens is 2. The van der Waals surface area contributed by atoms with Gasteiger partial charge in [-0.1, -0.05) is 12.8 Å². The van der Waals surface area contributed by atoms with Gasteiger partial charge in [0, 0.05) is 12.8 Å². The maximum atomic E-state index is 13.2. The van der Waals surface area contributed by atoms with Crippen LogP contribution < -0.4 is 0 Å². The van der Waals surface area contributed by atoms with E-state index in [-0.39, 0.29) is 12.3 Å². The largest absolute Gasteiger partial charge is 0.480 e. The topological polar surface area (TPSA) is 57.6 Å². The van der Waals surface area contributed by atoms with E-state index < -0.39 is 36.8 Å². The average Bonchev–Trinajstić information content (AvgIpc) is 2.85. The molecule has 18 heavy (non-hydrogen) atoms. The summed E-state index contributed by atoms with van der Waals surface area (Å²) in [6, 6.07) is -1.37. The minimum atomic E-state index is -3.08. The molecule has 1 aliphatic carbocycles. The van der Waals surface area contributed by atoms with E-state index >= 15 is 0 Å². The molecule has 0 aromatic heterocycles. The molecule has 2 rings (SSSR count). The average molecular weight is 261 g/mol. The Morgan fingerprint density at radius 2 is 1.89 bits per heavy atom. The second-order valence-electron chi connectivity index (χ2n) is 5.29. The molecule has 1 unspecified atom stereocenters.